The van der Waals surface area contributed by atoms with Gasteiger partial charge in [0.2, 0.25) is 0 Å². The van der Waals surface area contributed by atoms with Crippen molar-refractivity contribution in [1.82, 2.24) is 10.2 Å². The molecule has 3 amide bonds. The van der Waals surface area contributed by atoms with Gasteiger partial charge in [-0.3, -0.25) is 4.79 Å². The van der Waals surface area contributed by atoms with Crippen molar-refractivity contribution < 1.29 is 28.0 Å². The number of hydrogen-bond donors (Lipinski definition) is 2. The highest BCUT2D eigenvalue weighted by Gasteiger charge is 2.18. The van der Waals surface area contributed by atoms with E-state index in [9.17, 15) is 14.4 Å². The van der Waals surface area contributed by atoms with Crippen molar-refractivity contribution in [2.24, 2.45) is 0 Å². The molecule has 31 heavy (non-hydrogen) atoms. The quantitative estimate of drug-likeness (QED) is 0.560. The van der Waals surface area contributed by atoms with Crippen molar-refractivity contribution in [1.29, 1.82) is 0 Å². The lowest BCUT2D eigenvalue weighted by atomic mass is 10.2. The highest BCUT2D eigenvalue weighted by Crippen LogP contribution is 2.17. The molecule has 0 saturated heterocycles. The van der Waals surface area contributed by atoms with Gasteiger partial charge in [-0.05, 0) is 42.8 Å². The van der Waals surface area contributed by atoms with Gasteiger partial charge in [-0.15, -0.1) is 0 Å². The summed E-state index contributed by atoms with van der Waals surface area (Å²) in [5.41, 5.74) is 1.73. The molecular weight excluding hydrogens is 402 g/mol. The molecule has 0 atom stereocenters. The van der Waals surface area contributed by atoms with E-state index >= 15 is 0 Å². The van der Waals surface area contributed by atoms with Crippen LogP contribution in [0.1, 0.15) is 38.0 Å². The third kappa shape index (κ3) is 5.53. The normalized spacial score (nSPS) is 10.4. The van der Waals surface area contributed by atoms with Crippen molar-refractivity contribution in [3.63, 3.8) is 0 Å². The maximum absolute atomic E-state index is 12.4. The van der Waals surface area contributed by atoms with Gasteiger partial charge < -0.3 is 29.1 Å². The molecule has 0 saturated carbocycles. The molecular formula is C22H23N3O6. The first-order chi connectivity index (χ1) is 14.9. The van der Waals surface area contributed by atoms with E-state index in [1.807, 2.05) is 6.07 Å². The summed E-state index contributed by atoms with van der Waals surface area (Å²) in [6.07, 6.45) is 1.43. The number of furan rings is 2. The zero-order valence-electron chi connectivity index (χ0n) is 17.4. The number of methoxy groups -OCH3 is 1. The van der Waals surface area contributed by atoms with E-state index in [0.29, 0.717) is 22.8 Å². The van der Waals surface area contributed by atoms with Gasteiger partial charge in [0, 0.05) is 19.3 Å². The van der Waals surface area contributed by atoms with Gasteiger partial charge >= 0.3 is 12.0 Å². The van der Waals surface area contributed by atoms with Crippen molar-refractivity contribution in [2.45, 2.75) is 20.0 Å². The number of urea groups is 1. The number of amides is 3. The van der Waals surface area contributed by atoms with Gasteiger partial charge in [-0.1, -0.05) is 12.1 Å². The van der Waals surface area contributed by atoms with Crippen LogP contribution in [0, 0.1) is 6.92 Å². The van der Waals surface area contributed by atoms with Crippen LogP contribution in [0.4, 0.5) is 10.5 Å². The van der Waals surface area contributed by atoms with Crippen LogP contribution in [-0.4, -0.2) is 37.0 Å². The summed E-state index contributed by atoms with van der Waals surface area (Å²) >= 11 is 0. The lowest BCUT2D eigenvalue weighted by Gasteiger charge is -2.17. The Hall–Kier alpha value is -4.01. The van der Waals surface area contributed by atoms with Crippen LogP contribution < -0.4 is 10.6 Å². The van der Waals surface area contributed by atoms with Crippen LogP contribution >= 0.6 is 0 Å². The molecule has 0 radical (unpaired) electrons. The lowest BCUT2D eigenvalue weighted by Crippen LogP contribution is -2.36. The molecule has 162 valence electrons. The molecule has 0 bridgehead atoms. The van der Waals surface area contributed by atoms with Crippen LogP contribution in [0.5, 0.6) is 0 Å². The number of hydrogen-bond acceptors (Lipinski definition) is 6. The van der Waals surface area contributed by atoms with E-state index in [2.05, 4.69) is 10.6 Å². The molecule has 2 heterocycles. The van der Waals surface area contributed by atoms with Crippen LogP contribution in [0.2, 0.25) is 0 Å². The molecule has 3 aromatic rings. The Labute approximate surface area is 179 Å². The molecule has 0 aliphatic heterocycles. The number of aryl methyl sites for hydroxylation is 1. The maximum Gasteiger partial charge on any atom is 0.341 e. The van der Waals surface area contributed by atoms with Gasteiger partial charge in [0.1, 0.15) is 17.1 Å². The lowest BCUT2D eigenvalue weighted by molar-refractivity contribution is 0.0598. The SMILES string of the molecule is COC(=O)c1cc(CN(C)C(=O)NCc2cccc(NC(=O)c3ccco3)c2)oc1C. The number of nitrogens with zero attached hydrogens (tertiary/aromatic N) is 1. The van der Waals surface area contributed by atoms with E-state index in [4.69, 9.17) is 13.6 Å². The number of esters is 1. The first-order valence-corrected chi connectivity index (χ1v) is 9.47. The van der Waals surface area contributed by atoms with Crippen LogP contribution in [0.3, 0.4) is 0 Å². The average molecular weight is 425 g/mol. The van der Waals surface area contributed by atoms with Gasteiger partial charge in [0.15, 0.2) is 5.76 Å². The Morgan fingerprint density at radius 3 is 2.65 bits per heavy atom. The van der Waals surface area contributed by atoms with Crippen molar-refractivity contribution in [2.75, 3.05) is 19.5 Å². The van der Waals surface area contributed by atoms with E-state index in [-0.39, 0.29) is 30.8 Å². The fourth-order valence-electron chi connectivity index (χ4n) is 2.91. The monoisotopic (exact) mass is 425 g/mol. The fourth-order valence-corrected chi connectivity index (χ4v) is 2.91. The van der Waals surface area contributed by atoms with Crippen molar-refractivity contribution in [3.8, 4) is 0 Å². The van der Waals surface area contributed by atoms with E-state index in [0.717, 1.165) is 5.56 Å². The number of benzene rings is 1. The Morgan fingerprint density at radius 2 is 1.94 bits per heavy atom. The predicted molar refractivity (Wildman–Crippen MR) is 112 cm³/mol. The molecule has 0 fully saturated rings. The number of carbonyl (C=O) groups is 3. The Balaban J connectivity index is 1.54. The maximum atomic E-state index is 12.4. The smallest absolute Gasteiger partial charge is 0.341 e. The predicted octanol–water partition coefficient (Wildman–Crippen LogP) is 3.56. The Kier molecular flexibility index (Phi) is 6.76. The largest absolute Gasteiger partial charge is 0.465 e. The molecule has 1 aromatic carbocycles. The highest BCUT2D eigenvalue weighted by molar-refractivity contribution is 6.02. The van der Waals surface area contributed by atoms with E-state index in [1.165, 1.54) is 18.3 Å². The number of carbonyl (C=O) groups excluding carboxylic acids is 3. The van der Waals surface area contributed by atoms with Gasteiger partial charge in [-0.25, -0.2) is 9.59 Å². The summed E-state index contributed by atoms with van der Waals surface area (Å²) in [5, 5.41) is 5.55. The van der Waals surface area contributed by atoms with Gasteiger partial charge in [0.25, 0.3) is 5.91 Å². The summed E-state index contributed by atoms with van der Waals surface area (Å²) in [6, 6.07) is 11.6. The van der Waals surface area contributed by atoms with Gasteiger partial charge in [-0.2, -0.15) is 0 Å². The molecule has 0 unspecified atom stereocenters. The second kappa shape index (κ2) is 9.66. The molecule has 0 aliphatic rings. The zero-order chi connectivity index (χ0) is 22.4. The number of rotatable bonds is 7. The minimum absolute atomic E-state index is 0.183. The summed E-state index contributed by atoms with van der Waals surface area (Å²) < 4.78 is 15.3. The van der Waals surface area contributed by atoms with E-state index < -0.39 is 5.97 Å². The first-order valence-electron chi connectivity index (χ1n) is 9.47. The average Bonchev–Trinajstić information content (AvgIpc) is 3.41. The van der Waals surface area contributed by atoms with Crippen molar-refractivity contribution in [3.05, 3.63) is 77.1 Å². The second-order valence-corrected chi connectivity index (χ2v) is 6.82. The van der Waals surface area contributed by atoms with Crippen LogP contribution in [0.25, 0.3) is 0 Å². The second-order valence-electron chi connectivity index (χ2n) is 6.82. The molecule has 3 rings (SSSR count). The third-order valence-electron chi connectivity index (χ3n) is 4.49. The van der Waals surface area contributed by atoms with Crippen molar-refractivity contribution >= 4 is 23.6 Å². The molecule has 0 spiro atoms. The fraction of sp³-hybridized carbons (Fsp3) is 0.227. The Bertz CT molecular complexity index is 1070. The molecule has 0 aliphatic carbocycles. The minimum Gasteiger partial charge on any atom is -0.465 e. The zero-order valence-corrected chi connectivity index (χ0v) is 17.4. The standard InChI is InChI=1S/C22H23N3O6/c1-14-18(21(27)29-3)11-17(31-14)13-25(2)22(28)23-12-15-6-4-7-16(10-15)24-20(26)19-8-5-9-30-19/h4-11H,12-13H2,1-3H3,(H,23,28)(H,24,26). The summed E-state index contributed by atoms with van der Waals surface area (Å²) in [4.78, 5) is 37.6. The third-order valence-corrected chi connectivity index (χ3v) is 4.49. The van der Waals surface area contributed by atoms with Crippen LogP contribution in [-0.2, 0) is 17.8 Å². The topological polar surface area (TPSA) is 114 Å². The Morgan fingerprint density at radius 1 is 1.13 bits per heavy atom. The summed E-state index contributed by atoms with van der Waals surface area (Å²) in [6.45, 7) is 2.11. The number of anilines is 1. The van der Waals surface area contributed by atoms with Crippen LogP contribution in [0.15, 0.2) is 57.6 Å². The number of nitrogens with one attached hydrogen (secondary N) is 2. The number of ether oxygens (including phenoxy) is 1. The van der Waals surface area contributed by atoms with Gasteiger partial charge in [0.05, 0.1) is 19.9 Å². The van der Waals surface area contributed by atoms with E-state index in [1.54, 1.807) is 50.4 Å². The molecule has 2 aromatic heterocycles. The minimum atomic E-state index is -0.487. The summed E-state index contributed by atoms with van der Waals surface area (Å²) in [5.74, 6) is 0.274. The highest BCUT2D eigenvalue weighted by atomic mass is 16.5. The molecule has 9 heteroatoms. The summed E-state index contributed by atoms with van der Waals surface area (Å²) in [7, 11) is 2.91. The first kappa shape index (κ1) is 21.7. The molecule has 9 nitrogen and oxygen atoms in total. The molecule has 2 N–H and O–H groups in total.